The van der Waals surface area contributed by atoms with Gasteiger partial charge in [0, 0.05) is 40.8 Å². The maximum Gasteiger partial charge on any atom is 2.00 e. The van der Waals surface area contributed by atoms with Gasteiger partial charge in [0.1, 0.15) is 5.82 Å². The summed E-state index contributed by atoms with van der Waals surface area (Å²) in [6, 6.07) is 6.04. The zero-order chi connectivity index (χ0) is 27.1. The fourth-order valence-corrected chi connectivity index (χ4v) is 5.72. The first-order valence-electron chi connectivity index (χ1n) is 13.8. The number of aromatic nitrogens is 7. The molecular weight excluding hydrogens is 665 g/mol. The van der Waals surface area contributed by atoms with Gasteiger partial charge in [0.2, 0.25) is 0 Å². The van der Waals surface area contributed by atoms with Crippen LogP contribution in [0, 0.1) is 0 Å². The van der Waals surface area contributed by atoms with Crippen molar-refractivity contribution in [2.75, 3.05) is 0 Å². The van der Waals surface area contributed by atoms with Gasteiger partial charge in [0.25, 0.3) is 0 Å². The Labute approximate surface area is 246 Å². The first kappa shape index (κ1) is 29.3. The molecule has 4 aromatic rings. The molecular formula is C31H39N7Pt. The summed E-state index contributed by atoms with van der Waals surface area (Å²) in [5.74, 6) is 0.649. The minimum atomic E-state index is 0. The molecule has 4 heterocycles. The standard InChI is InChI=1S/C22H26N6.C9H13N.Pt/c1-21(2)10-5-7-13-16(25-27-18(13)21)15-9-12-23-20(24-15)17-14-8-6-11-22(3,4)19(14)28-26-17;1-9(2,3)8-4-6-10-7-5-8;/h9,12H,5-8,10-11H2,1-4H3;4-7H,1-3H3;/q-2;;+2. The largest absolute Gasteiger partial charge is 2.00 e. The molecule has 0 amide bonds. The van der Waals surface area contributed by atoms with Gasteiger partial charge >= 0.3 is 21.1 Å². The van der Waals surface area contributed by atoms with Gasteiger partial charge in [-0.3, -0.25) is 4.98 Å². The summed E-state index contributed by atoms with van der Waals surface area (Å²) in [6.45, 7) is 15.6. The Kier molecular flexibility index (Phi) is 8.33. The van der Waals surface area contributed by atoms with Crippen LogP contribution in [0.4, 0.5) is 0 Å². The van der Waals surface area contributed by atoms with E-state index in [1.165, 1.54) is 16.7 Å². The van der Waals surface area contributed by atoms with Gasteiger partial charge < -0.3 is 20.4 Å². The Bertz CT molecular complexity index is 1330. The number of hydrogen-bond acceptors (Lipinski definition) is 5. The van der Waals surface area contributed by atoms with Gasteiger partial charge in [-0.2, -0.15) is 0 Å². The number of fused-ring (bicyclic) bond motifs is 2. The van der Waals surface area contributed by atoms with Crippen molar-refractivity contribution in [1.82, 2.24) is 35.3 Å². The van der Waals surface area contributed by atoms with E-state index in [2.05, 4.69) is 91.0 Å². The van der Waals surface area contributed by atoms with Crippen LogP contribution in [0.3, 0.4) is 0 Å². The molecule has 2 aliphatic carbocycles. The van der Waals surface area contributed by atoms with Crippen molar-refractivity contribution in [3.05, 3.63) is 64.9 Å². The molecule has 6 rings (SSSR count). The molecule has 39 heavy (non-hydrogen) atoms. The normalized spacial score (nSPS) is 17.2. The summed E-state index contributed by atoms with van der Waals surface area (Å²) < 4.78 is 0. The van der Waals surface area contributed by atoms with Gasteiger partial charge in [-0.25, -0.2) is 9.97 Å². The Morgan fingerprint density at radius 3 is 1.82 bits per heavy atom. The topological polar surface area (TPSA) is 92.7 Å². The van der Waals surface area contributed by atoms with Crippen LogP contribution in [-0.4, -0.2) is 25.1 Å². The average Bonchev–Trinajstić information content (AvgIpc) is 3.51. The van der Waals surface area contributed by atoms with Gasteiger partial charge in [-0.15, -0.1) is 0 Å². The van der Waals surface area contributed by atoms with Gasteiger partial charge in [-0.1, -0.05) is 59.9 Å². The Balaban J connectivity index is 0.000000273. The van der Waals surface area contributed by atoms with Crippen molar-refractivity contribution < 1.29 is 21.1 Å². The van der Waals surface area contributed by atoms with E-state index in [-0.39, 0.29) is 37.3 Å². The van der Waals surface area contributed by atoms with Gasteiger partial charge in [0.15, 0.2) is 0 Å². The van der Waals surface area contributed by atoms with Crippen molar-refractivity contribution in [3.63, 3.8) is 0 Å². The maximum absolute atomic E-state index is 4.85. The van der Waals surface area contributed by atoms with Crippen molar-refractivity contribution in [2.45, 2.75) is 103 Å². The summed E-state index contributed by atoms with van der Waals surface area (Å²) >= 11 is 0. The summed E-state index contributed by atoms with van der Waals surface area (Å²) in [5, 5.41) is 18.0. The maximum atomic E-state index is 4.85. The first-order chi connectivity index (χ1) is 18.0. The Morgan fingerprint density at radius 1 is 0.744 bits per heavy atom. The second-order valence-electron chi connectivity index (χ2n) is 13.0. The van der Waals surface area contributed by atoms with Crippen LogP contribution in [0.5, 0.6) is 0 Å². The molecule has 8 heteroatoms. The molecule has 0 spiro atoms. The summed E-state index contributed by atoms with van der Waals surface area (Å²) in [7, 11) is 0. The first-order valence-corrected chi connectivity index (χ1v) is 13.8. The van der Waals surface area contributed by atoms with Crippen LogP contribution in [-0.2, 0) is 50.2 Å². The van der Waals surface area contributed by atoms with Gasteiger partial charge in [0.05, 0.1) is 5.69 Å². The second kappa shape index (κ2) is 11.1. The van der Waals surface area contributed by atoms with Crippen LogP contribution in [0.2, 0.25) is 0 Å². The van der Waals surface area contributed by atoms with Crippen molar-refractivity contribution in [2.24, 2.45) is 0 Å². The fraction of sp³-hybridized carbons (Fsp3) is 0.516. The van der Waals surface area contributed by atoms with Crippen LogP contribution < -0.4 is 10.2 Å². The summed E-state index contributed by atoms with van der Waals surface area (Å²) in [5.41, 5.74) is 9.00. The molecule has 0 aromatic carbocycles. The van der Waals surface area contributed by atoms with Crippen LogP contribution in [0.1, 0.15) is 102 Å². The zero-order valence-corrected chi connectivity index (χ0v) is 26.4. The van der Waals surface area contributed by atoms with Crippen LogP contribution in [0.25, 0.3) is 22.9 Å². The van der Waals surface area contributed by atoms with E-state index in [0.717, 1.165) is 67.0 Å². The molecule has 0 saturated carbocycles. The predicted molar refractivity (Wildman–Crippen MR) is 150 cm³/mol. The molecule has 0 N–H and O–H groups in total. The van der Waals surface area contributed by atoms with E-state index < -0.39 is 0 Å². The molecule has 0 bridgehead atoms. The molecule has 2 aliphatic rings. The Morgan fingerprint density at radius 2 is 1.28 bits per heavy atom. The third kappa shape index (κ3) is 5.94. The van der Waals surface area contributed by atoms with Gasteiger partial charge in [-0.05, 0) is 78.8 Å². The third-order valence-electron chi connectivity index (χ3n) is 8.04. The fourth-order valence-electron chi connectivity index (χ4n) is 5.72. The number of hydrogen-bond donors (Lipinski definition) is 0. The van der Waals surface area contributed by atoms with E-state index in [0.29, 0.717) is 5.82 Å². The van der Waals surface area contributed by atoms with Crippen molar-refractivity contribution in [1.29, 1.82) is 0 Å². The van der Waals surface area contributed by atoms with E-state index >= 15 is 0 Å². The zero-order valence-electron chi connectivity index (χ0n) is 24.2. The quantitative estimate of drug-likeness (QED) is 0.248. The van der Waals surface area contributed by atoms with Crippen molar-refractivity contribution >= 4 is 0 Å². The van der Waals surface area contributed by atoms with Crippen LogP contribution in [0.15, 0.2) is 36.8 Å². The molecule has 0 aliphatic heterocycles. The summed E-state index contributed by atoms with van der Waals surface area (Å²) in [4.78, 5) is 13.3. The van der Waals surface area contributed by atoms with Crippen molar-refractivity contribution in [3.8, 4) is 22.9 Å². The number of pyridine rings is 1. The SMILES string of the molecule is CC(C)(C)c1ccncc1.CC1(C)CCCc2c1n[n-]c2-c1ccnc(-c2[n-]nc3c2CCCC3(C)C)n1.[Pt+2]. The van der Waals surface area contributed by atoms with E-state index in [9.17, 15) is 0 Å². The molecule has 0 radical (unpaired) electrons. The molecule has 4 aromatic heterocycles. The third-order valence-corrected chi connectivity index (χ3v) is 8.04. The summed E-state index contributed by atoms with van der Waals surface area (Å²) in [6.07, 6.45) is 12.1. The molecule has 7 nitrogen and oxygen atoms in total. The average molecular weight is 705 g/mol. The predicted octanol–water partition coefficient (Wildman–Crippen LogP) is 6.12. The van der Waals surface area contributed by atoms with E-state index in [1.807, 2.05) is 24.7 Å². The molecule has 0 atom stereocenters. The molecule has 0 saturated heterocycles. The minimum absolute atomic E-state index is 0. The molecule has 208 valence electrons. The van der Waals surface area contributed by atoms with Crippen LogP contribution >= 0.6 is 0 Å². The molecule has 0 unspecified atom stereocenters. The molecule has 0 fully saturated rings. The monoisotopic (exact) mass is 704 g/mol. The smallest absolute Gasteiger partial charge is 0.573 e. The number of nitrogens with zero attached hydrogens (tertiary/aromatic N) is 7. The minimum Gasteiger partial charge on any atom is -0.573 e. The second-order valence-corrected chi connectivity index (χ2v) is 13.0. The van der Waals surface area contributed by atoms with E-state index in [4.69, 9.17) is 4.98 Å². The number of rotatable bonds is 2. The Hall–Kier alpha value is -2.66. The van der Waals surface area contributed by atoms with E-state index in [1.54, 1.807) is 0 Å².